The second kappa shape index (κ2) is 11.8. The van der Waals surface area contributed by atoms with E-state index in [1.807, 2.05) is 36.1 Å². The molecule has 4 heterocycles. The van der Waals surface area contributed by atoms with Gasteiger partial charge < -0.3 is 24.3 Å². The van der Waals surface area contributed by atoms with Gasteiger partial charge in [0.15, 0.2) is 5.65 Å². The fourth-order valence-corrected chi connectivity index (χ4v) is 6.41. The molecule has 4 aromatic rings. The Kier molecular flexibility index (Phi) is 8.60. The van der Waals surface area contributed by atoms with Crippen molar-refractivity contribution in [2.75, 3.05) is 24.6 Å². The number of aryl methyl sites for hydroxylation is 1. The van der Waals surface area contributed by atoms with Gasteiger partial charge >= 0.3 is 6.09 Å². The van der Waals surface area contributed by atoms with Crippen molar-refractivity contribution in [2.24, 2.45) is 14.1 Å². The molecule has 3 aromatic heterocycles. The standard InChI is InChI=1S/C30H41ClFN7O4Si/c1-30(2,3)43-29(41)33-23-16-38(15-21(23)32)28-34-26-24(27(40)37(28)5)19(14-39(26)17-42-11-12-44(6,7)8)18-9-10-22-20(25(18)31)13-36(4)35-22/h9-10,13-14,21,23H,11-12,15-17H2,1-8H3,(H,33,41)/t21-,23-/m0/s1. The normalized spacial score (nSPS) is 17.6. The molecule has 0 radical (unpaired) electrons. The first-order valence-electron chi connectivity index (χ1n) is 14.7. The highest BCUT2D eigenvalue weighted by Crippen LogP contribution is 2.38. The van der Waals surface area contributed by atoms with Crippen LogP contribution in [-0.2, 0) is 30.3 Å². The van der Waals surface area contributed by atoms with Crippen molar-refractivity contribution in [2.45, 2.75) is 71.0 Å². The number of aromatic nitrogens is 5. The second-order valence-corrected chi connectivity index (χ2v) is 19.7. The number of hydrogen-bond acceptors (Lipinski definition) is 7. The van der Waals surface area contributed by atoms with E-state index in [0.717, 1.165) is 16.9 Å². The minimum atomic E-state index is -1.38. The van der Waals surface area contributed by atoms with Gasteiger partial charge in [-0.15, -0.1) is 0 Å². The number of rotatable bonds is 8. The zero-order valence-corrected chi connectivity index (χ0v) is 28.3. The van der Waals surface area contributed by atoms with Crippen molar-refractivity contribution in [1.29, 1.82) is 0 Å². The van der Waals surface area contributed by atoms with Crippen LogP contribution < -0.4 is 15.8 Å². The highest BCUT2D eigenvalue weighted by Gasteiger charge is 2.37. The Bertz CT molecular complexity index is 1770. The molecule has 2 atom stereocenters. The van der Waals surface area contributed by atoms with Gasteiger partial charge in [-0.1, -0.05) is 37.3 Å². The van der Waals surface area contributed by atoms with Crippen LogP contribution in [0.5, 0.6) is 0 Å². The molecule has 238 valence electrons. The first-order chi connectivity index (χ1) is 20.5. The Morgan fingerprint density at radius 1 is 1.16 bits per heavy atom. The molecule has 1 saturated heterocycles. The van der Waals surface area contributed by atoms with E-state index in [4.69, 9.17) is 26.1 Å². The van der Waals surface area contributed by atoms with Gasteiger partial charge in [0.1, 0.15) is 18.5 Å². The van der Waals surface area contributed by atoms with Crippen LogP contribution in [0.3, 0.4) is 0 Å². The average molecular weight is 646 g/mol. The summed E-state index contributed by atoms with van der Waals surface area (Å²) in [5.41, 5.74) is 1.44. The third-order valence-corrected chi connectivity index (χ3v) is 9.67. The Morgan fingerprint density at radius 2 is 1.89 bits per heavy atom. The number of alkyl halides is 1. The van der Waals surface area contributed by atoms with Gasteiger partial charge in [-0.25, -0.2) is 9.18 Å². The summed E-state index contributed by atoms with van der Waals surface area (Å²) >= 11 is 6.90. The van der Waals surface area contributed by atoms with Crippen LogP contribution in [0.15, 0.2) is 29.3 Å². The van der Waals surface area contributed by atoms with Crippen molar-refractivity contribution in [1.82, 2.24) is 29.2 Å². The van der Waals surface area contributed by atoms with Crippen molar-refractivity contribution < 1.29 is 18.7 Å². The molecule has 0 saturated carbocycles. The van der Waals surface area contributed by atoms with Crippen LogP contribution >= 0.6 is 11.6 Å². The lowest BCUT2D eigenvalue weighted by molar-refractivity contribution is 0.0490. The van der Waals surface area contributed by atoms with E-state index in [9.17, 15) is 9.59 Å². The zero-order chi connectivity index (χ0) is 32.1. The van der Waals surface area contributed by atoms with Crippen LogP contribution in [0.25, 0.3) is 33.1 Å². The van der Waals surface area contributed by atoms with Crippen molar-refractivity contribution in [3.05, 3.63) is 39.9 Å². The Morgan fingerprint density at radius 3 is 2.57 bits per heavy atom. The van der Waals surface area contributed by atoms with E-state index in [0.29, 0.717) is 39.7 Å². The van der Waals surface area contributed by atoms with Crippen molar-refractivity contribution >= 4 is 53.7 Å². The summed E-state index contributed by atoms with van der Waals surface area (Å²) in [7, 11) is 2.12. The van der Waals surface area contributed by atoms with E-state index in [-0.39, 0.29) is 25.4 Å². The quantitative estimate of drug-likeness (QED) is 0.204. The minimum absolute atomic E-state index is 0.0456. The number of carbonyl (C=O) groups excluding carboxylic acids is 1. The maximum absolute atomic E-state index is 15.2. The number of ether oxygens (including phenoxy) is 2. The lowest BCUT2D eigenvalue weighted by Gasteiger charge is -2.23. The number of anilines is 1. The second-order valence-electron chi connectivity index (χ2n) is 13.7. The fraction of sp³-hybridized carbons (Fsp3) is 0.533. The van der Waals surface area contributed by atoms with Gasteiger partial charge in [-0.3, -0.25) is 14.0 Å². The maximum atomic E-state index is 15.2. The van der Waals surface area contributed by atoms with Gasteiger partial charge in [0.25, 0.3) is 5.56 Å². The molecule has 1 fully saturated rings. The van der Waals surface area contributed by atoms with Crippen LogP contribution in [0.2, 0.25) is 30.7 Å². The Labute approximate surface area is 261 Å². The number of hydrogen-bond donors (Lipinski definition) is 1. The molecular weight excluding hydrogens is 605 g/mol. The number of nitrogens with one attached hydrogen (secondary N) is 1. The van der Waals surface area contributed by atoms with Crippen molar-refractivity contribution in [3.63, 3.8) is 0 Å². The molecule has 0 spiro atoms. The monoisotopic (exact) mass is 645 g/mol. The SMILES string of the molecule is Cn1cc2c(Cl)c(-c3cn(COCC[Si](C)(C)C)c4nc(N5C[C@H](NC(=O)OC(C)(C)C)[C@@H](F)C5)n(C)c(=O)c34)ccc2n1. The molecule has 44 heavy (non-hydrogen) atoms. The van der Waals surface area contributed by atoms with E-state index in [1.54, 1.807) is 37.4 Å². The van der Waals surface area contributed by atoms with E-state index in [1.165, 1.54) is 4.57 Å². The molecule has 1 aromatic carbocycles. The molecule has 14 heteroatoms. The summed E-state index contributed by atoms with van der Waals surface area (Å²) in [6.45, 7) is 12.9. The summed E-state index contributed by atoms with van der Waals surface area (Å²) in [6.07, 6.45) is 1.61. The van der Waals surface area contributed by atoms with Crippen LogP contribution in [-0.4, -0.2) is 75.6 Å². The number of fused-ring (bicyclic) bond motifs is 2. The molecule has 1 N–H and O–H groups in total. The molecule has 0 bridgehead atoms. The first-order valence-corrected chi connectivity index (χ1v) is 18.8. The predicted molar refractivity (Wildman–Crippen MR) is 174 cm³/mol. The third kappa shape index (κ3) is 6.64. The van der Waals surface area contributed by atoms with Gasteiger partial charge in [0.05, 0.1) is 28.5 Å². The molecule has 11 nitrogen and oxygen atoms in total. The topological polar surface area (TPSA) is 108 Å². The van der Waals surface area contributed by atoms with E-state index in [2.05, 4.69) is 30.1 Å². The van der Waals surface area contributed by atoms with Gasteiger partial charge in [-0.2, -0.15) is 10.1 Å². The number of benzene rings is 1. The summed E-state index contributed by atoms with van der Waals surface area (Å²) in [5, 5.41) is 8.71. The van der Waals surface area contributed by atoms with Gasteiger partial charge in [0, 0.05) is 64.2 Å². The lowest BCUT2D eigenvalue weighted by Crippen LogP contribution is -2.44. The number of amides is 1. The number of halogens is 2. The molecule has 1 aliphatic rings. The Balaban J connectivity index is 1.55. The first kappa shape index (κ1) is 32.0. The Hall–Kier alpha value is -3.42. The molecule has 1 aliphatic heterocycles. The molecule has 0 unspecified atom stereocenters. The summed E-state index contributed by atoms with van der Waals surface area (Å²) < 4.78 is 31.5. The average Bonchev–Trinajstić information content (AvgIpc) is 3.57. The highest BCUT2D eigenvalue weighted by atomic mass is 35.5. The fourth-order valence-electron chi connectivity index (χ4n) is 5.34. The van der Waals surface area contributed by atoms with Crippen LogP contribution in [0.1, 0.15) is 20.8 Å². The van der Waals surface area contributed by atoms with E-state index < -0.39 is 32.0 Å². The summed E-state index contributed by atoms with van der Waals surface area (Å²) in [6, 6.07) is 3.90. The van der Waals surface area contributed by atoms with Gasteiger partial charge in [-0.05, 0) is 32.9 Å². The minimum Gasteiger partial charge on any atom is -0.444 e. The lowest BCUT2D eigenvalue weighted by atomic mass is 10.0. The summed E-state index contributed by atoms with van der Waals surface area (Å²) in [5.74, 6) is 0.292. The zero-order valence-electron chi connectivity index (χ0n) is 26.6. The number of nitrogens with zero attached hydrogens (tertiary/aromatic N) is 6. The van der Waals surface area contributed by atoms with E-state index >= 15 is 4.39 Å². The largest absolute Gasteiger partial charge is 0.444 e. The molecule has 1 amide bonds. The summed E-state index contributed by atoms with van der Waals surface area (Å²) in [4.78, 5) is 33.0. The molecular formula is C30H41ClFN7O4Si. The molecule has 5 rings (SSSR count). The smallest absolute Gasteiger partial charge is 0.408 e. The van der Waals surface area contributed by atoms with Crippen LogP contribution in [0, 0.1) is 0 Å². The molecule has 0 aliphatic carbocycles. The van der Waals surface area contributed by atoms with Crippen molar-refractivity contribution in [3.8, 4) is 11.1 Å². The van der Waals surface area contributed by atoms with Crippen LogP contribution in [0.4, 0.5) is 15.1 Å². The predicted octanol–water partition coefficient (Wildman–Crippen LogP) is 5.31. The highest BCUT2D eigenvalue weighted by molar-refractivity contribution is 6.76. The third-order valence-electron chi connectivity index (χ3n) is 7.56. The number of carbonyl (C=O) groups is 1. The van der Waals surface area contributed by atoms with Gasteiger partial charge in [0.2, 0.25) is 5.95 Å². The maximum Gasteiger partial charge on any atom is 0.408 e. The number of alkyl carbamates (subject to hydrolysis) is 1.